The minimum atomic E-state index is -0.872. The van der Waals surface area contributed by atoms with E-state index < -0.39 is 12.1 Å². The monoisotopic (exact) mass is 392 g/mol. The summed E-state index contributed by atoms with van der Waals surface area (Å²) in [4.78, 5) is 29.8. The van der Waals surface area contributed by atoms with E-state index in [4.69, 9.17) is 28.0 Å². The molecule has 1 aliphatic rings. The molecule has 0 radical (unpaired) electrons. The van der Waals surface area contributed by atoms with Crippen LogP contribution >= 0.6 is 23.2 Å². The second kappa shape index (κ2) is 8.54. The smallest absolute Gasteiger partial charge is 0.274 e. The van der Waals surface area contributed by atoms with Crippen LogP contribution in [0.25, 0.3) is 0 Å². The van der Waals surface area contributed by atoms with Crippen molar-refractivity contribution in [1.82, 2.24) is 10.8 Å². The maximum Gasteiger partial charge on any atom is 0.274 e. The van der Waals surface area contributed by atoms with Crippen LogP contribution in [-0.4, -0.2) is 11.8 Å². The molecule has 2 amide bonds. The zero-order valence-electron chi connectivity index (χ0n) is 13.9. The predicted molar refractivity (Wildman–Crippen MR) is 99.7 cm³/mol. The van der Waals surface area contributed by atoms with Crippen LogP contribution in [0.1, 0.15) is 41.4 Å². The summed E-state index contributed by atoms with van der Waals surface area (Å²) in [5.74, 6) is -0.118. The van der Waals surface area contributed by atoms with Crippen LogP contribution < -0.4 is 10.8 Å². The lowest BCUT2D eigenvalue weighted by molar-refractivity contribution is -0.128. The number of benzene rings is 2. The molecule has 2 aromatic rings. The normalized spacial score (nSPS) is 14.5. The summed E-state index contributed by atoms with van der Waals surface area (Å²) in [5, 5.41) is 3.51. The topological polar surface area (TPSA) is 67.4 Å². The van der Waals surface area contributed by atoms with Gasteiger partial charge in [0.15, 0.2) is 6.23 Å². The first-order chi connectivity index (χ1) is 12.5. The minimum absolute atomic E-state index is 0.141. The molecule has 1 atom stereocenters. The van der Waals surface area contributed by atoms with Gasteiger partial charge in [-0.2, -0.15) is 0 Å². The van der Waals surface area contributed by atoms with Crippen molar-refractivity contribution >= 4 is 35.0 Å². The van der Waals surface area contributed by atoms with Crippen molar-refractivity contribution in [1.29, 1.82) is 0 Å². The van der Waals surface area contributed by atoms with Gasteiger partial charge in [-0.25, -0.2) is 10.3 Å². The Morgan fingerprint density at radius 1 is 1.08 bits per heavy atom. The van der Waals surface area contributed by atoms with Crippen molar-refractivity contribution in [3.8, 4) is 0 Å². The number of carbonyl (C=O) groups excluding carboxylic acids is 2. The number of hydroxylamine groups is 1. The van der Waals surface area contributed by atoms with Gasteiger partial charge in [0.2, 0.25) is 5.91 Å². The van der Waals surface area contributed by atoms with Gasteiger partial charge in [-0.3, -0.25) is 9.59 Å². The van der Waals surface area contributed by atoms with Gasteiger partial charge in [-0.15, -0.1) is 0 Å². The van der Waals surface area contributed by atoms with E-state index in [1.54, 1.807) is 42.5 Å². The van der Waals surface area contributed by atoms with Crippen LogP contribution in [0, 0.1) is 5.92 Å². The number of amides is 2. The average molecular weight is 393 g/mol. The molecule has 2 N–H and O–H groups in total. The van der Waals surface area contributed by atoms with Gasteiger partial charge in [0, 0.05) is 17.5 Å². The fraction of sp³-hybridized carbons (Fsp3) is 0.263. The van der Waals surface area contributed by atoms with Crippen molar-refractivity contribution in [2.24, 2.45) is 5.92 Å². The molecule has 1 fully saturated rings. The van der Waals surface area contributed by atoms with E-state index in [9.17, 15) is 9.59 Å². The summed E-state index contributed by atoms with van der Waals surface area (Å²) < 4.78 is 0. The second-order valence-corrected chi connectivity index (χ2v) is 7.00. The highest BCUT2D eigenvalue weighted by Crippen LogP contribution is 2.32. The minimum Gasteiger partial charge on any atom is -0.325 e. The number of hydrogen-bond acceptors (Lipinski definition) is 3. The van der Waals surface area contributed by atoms with E-state index in [1.165, 1.54) is 0 Å². The number of halogens is 2. The molecule has 2 aromatic carbocycles. The second-order valence-electron chi connectivity index (χ2n) is 6.18. The molecule has 7 heteroatoms. The molecule has 26 heavy (non-hydrogen) atoms. The third kappa shape index (κ3) is 5.21. The summed E-state index contributed by atoms with van der Waals surface area (Å²) >= 11 is 12.0. The number of carbonyl (C=O) groups is 2. The first-order valence-electron chi connectivity index (χ1n) is 8.28. The van der Waals surface area contributed by atoms with Crippen LogP contribution in [0.3, 0.4) is 0 Å². The fourth-order valence-corrected chi connectivity index (χ4v) is 2.71. The van der Waals surface area contributed by atoms with Crippen LogP contribution in [0.5, 0.6) is 0 Å². The summed E-state index contributed by atoms with van der Waals surface area (Å²) in [6.45, 7) is 0. The first-order valence-corrected chi connectivity index (χ1v) is 9.04. The van der Waals surface area contributed by atoms with Gasteiger partial charge < -0.3 is 5.32 Å². The molecule has 0 bridgehead atoms. The van der Waals surface area contributed by atoms with E-state index in [1.807, 2.05) is 6.07 Å². The van der Waals surface area contributed by atoms with Crippen molar-refractivity contribution in [2.75, 3.05) is 0 Å². The molecule has 136 valence electrons. The molecule has 5 nitrogen and oxygen atoms in total. The molecule has 3 rings (SSSR count). The highest BCUT2D eigenvalue weighted by molar-refractivity contribution is 6.42. The van der Waals surface area contributed by atoms with Gasteiger partial charge >= 0.3 is 0 Å². The first kappa shape index (κ1) is 18.7. The van der Waals surface area contributed by atoms with E-state index in [-0.39, 0.29) is 5.91 Å². The summed E-state index contributed by atoms with van der Waals surface area (Å²) in [7, 11) is 0. The lowest BCUT2D eigenvalue weighted by Gasteiger charge is -2.20. The van der Waals surface area contributed by atoms with Gasteiger partial charge in [0.25, 0.3) is 5.91 Å². The quantitative estimate of drug-likeness (QED) is 0.545. The zero-order valence-corrected chi connectivity index (χ0v) is 15.4. The molecule has 0 spiro atoms. The van der Waals surface area contributed by atoms with Crippen molar-refractivity contribution in [2.45, 2.75) is 25.5 Å². The Hall–Kier alpha value is -2.08. The maximum absolute atomic E-state index is 12.2. The molecule has 1 aliphatic carbocycles. The molecular weight excluding hydrogens is 375 g/mol. The van der Waals surface area contributed by atoms with Gasteiger partial charge in [-0.05, 0) is 43.0 Å². The van der Waals surface area contributed by atoms with Crippen LogP contribution in [0.15, 0.2) is 48.5 Å². The summed E-state index contributed by atoms with van der Waals surface area (Å²) in [6, 6.07) is 13.5. The molecule has 0 heterocycles. The maximum atomic E-state index is 12.2. The highest BCUT2D eigenvalue weighted by Gasteiger charge is 2.26. The number of rotatable bonds is 7. The summed E-state index contributed by atoms with van der Waals surface area (Å²) in [5.41, 5.74) is 3.41. The van der Waals surface area contributed by atoms with E-state index in [0.717, 1.165) is 12.8 Å². The predicted octanol–water partition coefficient (Wildman–Crippen LogP) is 4.27. The van der Waals surface area contributed by atoms with Crippen LogP contribution in [0.4, 0.5) is 0 Å². The number of hydrogen-bond donors (Lipinski definition) is 2. The SMILES string of the molecule is O=C(CC1CC1)NC(ONC(=O)c1ccccc1)c1ccc(Cl)c(Cl)c1. The fourth-order valence-electron chi connectivity index (χ4n) is 2.41. The Kier molecular flexibility index (Phi) is 6.14. The Morgan fingerprint density at radius 2 is 1.81 bits per heavy atom. The molecule has 1 unspecified atom stereocenters. The lowest BCUT2D eigenvalue weighted by atomic mass is 10.2. The van der Waals surface area contributed by atoms with E-state index >= 15 is 0 Å². The largest absolute Gasteiger partial charge is 0.325 e. The van der Waals surface area contributed by atoms with E-state index in [2.05, 4.69) is 10.8 Å². The Labute approximate surface area is 161 Å². The van der Waals surface area contributed by atoms with Gasteiger partial charge in [-0.1, -0.05) is 47.5 Å². The lowest BCUT2D eigenvalue weighted by Crippen LogP contribution is -2.36. The van der Waals surface area contributed by atoms with Crippen molar-refractivity contribution in [3.05, 3.63) is 69.7 Å². The molecular formula is C19H18Cl2N2O3. The van der Waals surface area contributed by atoms with Crippen LogP contribution in [-0.2, 0) is 9.63 Å². The van der Waals surface area contributed by atoms with E-state index in [0.29, 0.717) is 33.5 Å². The van der Waals surface area contributed by atoms with Gasteiger partial charge in [0.05, 0.1) is 10.0 Å². The van der Waals surface area contributed by atoms with Crippen molar-refractivity contribution < 1.29 is 14.4 Å². The third-order valence-corrected chi connectivity index (χ3v) is 4.75. The number of nitrogens with one attached hydrogen (secondary N) is 2. The van der Waals surface area contributed by atoms with Gasteiger partial charge in [0.1, 0.15) is 0 Å². The third-order valence-electron chi connectivity index (χ3n) is 4.01. The van der Waals surface area contributed by atoms with Crippen LogP contribution in [0.2, 0.25) is 10.0 Å². The molecule has 0 aliphatic heterocycles. The Bertz CT molecular complexity index is 795. The molecule has 0 aromatic heterocycles. The Morgan fingerprint density at radius 3 is 2.46 bits per heavy atom. The average Bonchev–Trinajstić information content (AvgIpc) is 3.45. The molecule has 1 saturated carbocycles. The highest BCUT2D eigenvalue weighted by atomic mass is 35.5. The molecule has 0 saturated heterocycles. The summed E-state index contributed by atoms with van der Waals surface area (Å²) in [6.07, 6.45) is 1.70. The zero-order chi connectivity index (χ0) is 18.5. The van der Waals surface area contributed by atoms with Crippen molar-refractivity contribution in [3.63, 3.8) is 0 Å². The Balaban J connectivity index is 1.70. The standard InChI is InChI=1S/C19H18Cl2N2O3/c20-15-9-8-14(11-16(15)21)19(22-17(24)10-12-6-7-12)26-23-18(25)13-4-2-1-3-5-13/h1-5,8-9,11-12,19H,6-7,10H2,(H,22,24)(H,23,25).